The molecule has 7 heteroatoms. The maximum absolute atomic E-state index is 4.85. The van der Waals surface area contributed by atoms with Gasteiger partial charge >= 0.3 is 0 Å². The third-order valence-electron chi connectivity index (χ3n) is 6.29. The number of aromatic nitrogens is 3. The molecule has 0 bridgehead atoms. The van der Waals surface area contributed by atoms with Crippen molar-refractivity contribution in [3.63, 3.8) is 0 Å². The maximum Gasteiger partial charge on any atom is 0.230 e. The minimum atomic E-state index is 0.0768. The number of anilines is 2. The molecule has 0 saturated carbocycles. The highest BCUT2D eigenvalue weighted by Crippen LogP contribution is 2.33. The highest BCUT2D eigenvalue weighted by molar-refractivity contribution is 5.39. The zero-order chi connectivity index (χ0) is 22.5. The van der Waals surface area contributed by atoms with Crippen LogP contribution in [0.5, 0.6) is 0 Å². The number of hydrogen-bond donors (Lipinski definition) is 3. The van der Waals surface area contributed by atoms with E-state index in [0.717, 1.165) is 37.5 Å². The molecule has 2 saturated heterocycles. The van der Waals surface area contributed by atoms with E-state index in [0.29, 0.717) is 18.0 Å². The fraction of sp³-hybridized carbons (Fsp3) is 0.870. The van der Waals surface area contributed by atoms with Gasteiger partial charge in [-0.1, -0.05) is 0 Å². The molecular formula is C23H43N7. The first kappa shape index (κ1) is 23.2. The second-order valence-corrected chi connectivity index (χ2v) is 12.2. The Hall–Kier alpha value is -1.47. The van der Waals surface area contributed by atoms with Gasteiger partial charge in [0.2, 0.25) is 11.9 Å². The van der Waals surface area contributed by atoms with Gasteiger partial charge in [-0.3, -0.25) is 0 Å². The topological polar surface area (TPSA) is 78.0 Å². The van der Waals surface area contributed by atoms with Crippen LogP contribution in [0.4, 0.5) is 11.9 Å². The van der Waals surface area contributed by atoms with Crippen molar-refractivity contribution < 1.29 is 0 Å². The zero-order valence-corrected chi connectivity index (χ0v) is 20.8. The van der Waals surface area contributed by atoms with E-state index in [4.69, 9.17) is 4.98 Å². The molecule has 7 nitrogen and oxygen atoms in total. The van der Waals surface area contributed by atoms with Gasteiger partial charge in [-0.2, -0.15) is 15.0 Å². The first-order valence-electron chi connectivity index (χ1n) is 11.4. The minimum absolute atomic E-state index is 0.0768. The van der Waals surface area contributed by atoms with E-state index in [1.807, 2.05) is 6.92 Å². The van der Waals surface area contributed by atoms with Gasteiger partial charge in [-0.15, -0.1) is 0 Å². The predicted molar refractivity (Wildman–Crippen MR) is 125 cm³/mol. The molecule has 0 radical (unpaired) electrons. The summed E-state index contributed by atoms with van der Waals surface area (Å²) in [5.41, 5.74) is 0.312. The fourth-order valence-corrected chi connectivity index (χ4v) is 6.00. The van der Waals surface area contributed by atoms with Gasteiger partial charge in [-0.05, 0) is 88.0 Å². The second-order valence-electron chi connectivity index (χ2n) is 12.2. The Bertz CT molecular complexity index is 737. The van der Waals surface area contributed by atoms with E-state index in [1.165, 1.54) is 0 Å². The summed E-state index contributed by atoms with van der Waals surface area (Å²) in [6, 6.07) is 0.704. The molecule has 0 spiro atoms. The molecule has 170 valence electrons. The summed E-state index contributed by atoms with van der Waals surface area (Å²) in [5.74, 6) is 2.21. The lowest BCUT2D eigenvalue weighted by molar-refractivity contribution is 0.160. The second kappa shape index (κ2) is 7.59. The van der Waals surface area contributed by atoms with Crippen molar-refractivity contribution in [3.8, 4) is 0 Å². The van der Waals surface area contributed by atoms with Crippen LogP contribution in [-0.4, -0.2) is 56.2 Å². The third kappa shape index (κ3) is 5.82. The molecule has 3 rings (SSSR count). The summed E-state index contributed by atoms with van der Waals surface area (Å²) in [4.78, 5) is 16.4. The first-order valence-corrected chi connectivity index (χ1v) is 11.4. The van der Waals surface area contributed by atoms with Crippen molar-refractivity contribution in [2.45, 2.75) is 122 Å². The van der Waals surface area contributed by atoms with Gasteiger partial charge in [-0.25, -0.2) is 0 Å². The summed E-state index contributed by atoms with van der Waals surface area (Å²) in [5, 5.41) is 11.1. The average molecular weight is 418 g/mol. The van der Waals surface area contributed by atoms with Crippen LogP contribution in [-0.2, 0) is 0 Å². The summed E-state index contributed by atoms with van der Waals surface area (Å²) in [7, 11) is 2.12. The molecule has 0 atom stereocenters. The van der Waals surface area contributed by atoms with E-state index < -0.39 is 0 Å². The normalized spacial score (nSPS) is 25.7. The number of piperidine rings is 2. The third-order valence-corrected chi connectivity index (χ3v) is 6.29. The summed E-state index contributed by atoms with van der Waals surface area (Å²) in [6.45, 7) is 20.1. The molecule has 2 aliphatic rings. The quantitative estimate of drug-likeness (QED) is 0.690. The Kier molecular flexibility index (Phi) is 5.87. The molecule has 2 fully saturated rings. The molecule has 0 amide bonds. The molecule has 2 aliphatic heterocycles. The Balaban J connectivity index is 1.80. The monoisotopic (exact) mass is 417 g/mol. The molecular weight excluding hydrogens is 374 g/mol. The van der Waals surface area contributed by atoms with Crippen LogP contribution < -0.4 is 20.9 Å². The smallest absolute Gasteiger partial charge is 0.230 e. The lowest BCUT2D eigenvalue weighted by atomic mass is 9.79. The average Bonchev–Trinajstić information content (AvgIpc) is 2.47. The van der Waals surface area contributed by atoms with Gasteiger partial charge in [0.25, 0.3) is 0 Å². The van der Waals surface area contributed by atoms with Crippen LogP contribution in [0.1, 0.15) is 86.9 Å². The lowest BCUT2D eigenvalue weighted by Gasteiger charge is -2.49. The SMILES string of the molecule is Cc1nc(NC2CC(C)(C)NC(C)(C)C2)nc(N(C)C2CC(C)(C)NC(C)(C)C2)n1. The van der Waals surface area contributed by atoms with E-state index in [2.05, 4.69) is 93.3 Å². The van der Waals surface area contributed by atoms with E-state index in [-0.39, 0.29) is 22.2 Å². The van der Waals surface area contributed by atoms with Gasteiger partial charge < -0.3 is 20.9 Å². The number of aryl methyl sites for hydroxylation is 1. The number of nitrogens with zero attached hydrogens (tertiary/aromatic N) is 4. The van der Waals surface area contributed by atoms with Gasteiger partial charge in [0.15, 0.2) is 0 Å². The summed E-state index contributed by atoms with van der Waals surface area (Å²) in [6.07, 6.45) is 4.17. The van der Waals surface area contributed by atoms with E-state index in [9.17, 15) is 0 Å². The van der Waals surface area contributed by atoms with Crippen molar-refractivity contribution in [2.24, 2.45) is 0 Å². The maximum atomic E-state index is 4.85. The molecule has 3 N–H and O–H groups in total. The van der Waals surface area contributed by atoms with Crippen LogP contribution in [0, 0.1) is 6.92 Å². The van der Waals surface area contributed by atoms with Crippen LogP contribution in [0.3, 0.4) is 0 Å². The molecule has 0 aromatic carbocycles. The standard InChI is InChI=1S/C23H43N7/c1-15-24-18(26-16-11-20(2,3)28-21(4,5)12-16)27-19(25-15)30(10)17-13-22(6,7)29-23(8,9)14-17/h16-17,28-29H,11-14H2,1-10H3,(H,24,25,26,27). The summed E-state index contributed by atoms with van der Waals surface area (Å²) >= 11 is 0. The summed E-state index contributed by atoms with van der Waals surface area (Å²) < 4.78 is 0. The largest absolute Gasteiger partial charge is 0.351 e. The Morgan fingerprint density at radius 2 is 1.23 bits per heavy atom. The molecule has 1 aromatic heterocycles. The first-order chi connectivity index (χ1) is 13.5. The zero-order valence-electron chi connectivity index (χ0n) is 20.8. The van der Waals surface area contributed by atoms with Crippen LogP contribution in [0.15, 0.2) is 0 Å². The molecule has 0 aliphatic carbocycles. The number of hydrogen-bond acceptors (Lipinski definition) is 7. The fourth-order valence-electron chi connectivity index (χ4n) is 6.00. The number of rotatable bonds is 4. The van der Waals surface area contributed by atoms with E-state index >= 15 is 0 Å². The molecule has 0 unspecified atom stereocenters. The van der Waals surface area contributed by atoms with Crippen molar-refractivity contribution in [1.82, 2.24) is 25.6 Å². The molecule has 30 heavy (non-hydrogen) atoms. The Morgan fingerprint density at radius 1 is 0.767 bits per heavy atom. The van der Waals surface area contributed by atoms with Gasteiger partial charge in [0, 0.05) is 41.3 Å². The minimum Gasteiger partial charge on any atom is -0.351 e. The van der Waals surface area contributed by atoms with Crippen LogP contribution >= 0.6 is 0 Å². The molecule has 3 heterocycles. The van der Waals surface area contributed by atoms with E-state index in [1.54, 1.807) is 0 Å². The Morgan fingerprint density at radius 3 is 1.73 bits per heavy atom. The highest BCUT2D eigenvalue weighted by atomic mass is 15.3. The number of nitrogens with one attached hydrogen (secondary N) is 3. The highest BCUT2D eigenvalue weighted by Gasteiger charge is 2.40. The van der Waals surface area contributed by atoms with Crippen molar-refractivity contribution in [3.05, 3.63) is 5.82 Å². The molecule has 1 aromatic rings. The van der Waals surface area contributed by atoms with Crippen molar-refractivity contribution in [2.75, 3.05) is 17.3 Å². The van der Waals surface area contributed by atoms with Gasteiger partial charge in [0.05, 0.1) is 0 Å². The van der Waals surface area contributed by atoms with Gasteiger partial charge in [0.1, 0.15) is 5.82 Å². The van der Waals surface area contributed by atoms with Crippen molar-refractivity contribution in [1.29, 1.82) is 0 Å². The van der Waals surface area contributed by atoms with Crippen molar-refractivity contribution >= 4 is 11.9 Å². The Labute approximate surface area is 183 Å². The lowest BCUT2D eigenvalue weighted by Crippen LogP contribution is -2.62. The van der Waals surface area contributed by atoms with Crippen LogP contribution in [0.2, 0.25) is 0 Å². The predicted octanol–water partition coefficient (Wildman–Crippen LogP) is 3.65. The van der Waals surface area contributed by atoms with Crippen LogP contribution in [0.25, 0.3) is 0 Å².